The minimum atomic E-state index is -0.702. The van der Waals surface area contributed by atoms with Crippen molar-refractivity contribution < 1.29 is 14.4 Å². The van der Waals surface area contributed by atoms with Gasteiger partial charge in [0.05, 0.1) is 5.69 Å². The summed E-state index contributed by atoms with van der Waals surface area (Å²) in [5, 5.41) is 6.15. The highest BCUT2D eigenvalue weighted by Crippen LogP contribution is 2.29. The Hall–Kier alpha value is -2.94. The maximum absolute atomic E-state index is 13.8. The van der Waals surface area contributed by atoms with E-state index in [1.165, 1.54) is 11.3 Å². The van der Waals surface area contributed by atoms with Crippen LogP contribution in [0.2, 0.25) is 0 Å². The number of anilines is 2. The lowest BCUT2D eigenvalue weighted by atomic mass is 9.95. The lowest BCUT2D eigenvalue weighted by Gasteiger charge is -2.31. The van der Waals surface area contributed by atoms with E-state index in [0.717, 1.165) is 62.9 Å². The number of para-hydroxylation sites is 1. The van der Waals surface area contributed by atoms with Gasteiger partial charge >= 0.3 is 0 Å². The maximum Gasteiger partial charge on any atom is 0.273 e. The number of carbonyl (C=O) groups is 3. The van der Waals surface area contributed by atoms with Crippen molar-refractivity contribution >= 4 is 40.6 Å². The lowest BCUT2D eigenvalue weighted by Crippen LogP contribution is -2.51. The maximum atomic E-state index is 13.8. The van der Waals surface area contributed by atoms with Crippen LogP contribution in [0, 0.1) is 0 Å². The van der Waals surface area contributed by atoms with Gasteiger partial charge in [0.1, 0.15) is 10.9 Å². The first-order chi connectivity index (χ1) is 17.0. The molecule has 2 fully saturated rings. The summed E-state index contributed by atoms with van der Waals surface area (Å²) in [5.74, 6) is -0.937. The number of amides is 3. The molecule has 0 radical (unpaired) electrons. The van der Waals surface area contributed by atoms with Crippen LogP contribution in [-0.4, -0.2) is 40.2 Å². The topological polar surface area (TPSA) is 117 Å². The van der Waals surface area contributed by atoms with Crippen molar-refractivity contribution in [2.45, 2.75) is 89.3 Å². The van der Waals surface area contributed by atoms with Gasteiger partial charge in [0.15, 0.2) is 5.69 Å². The van der Waals surface area contributed by atoms with Crippen molar-refractivity contribution in [2.24, 2.45) is 0 Å². The molecule has 0 bridgehead atoms. The average molecular weight is 498 g/mol. The van der Waals surface area contributed by atoms with Gasteiger partial charge in [-0.05, 0) is 55.8 Å². The fourth-order valence-electron chi connectivity index (χ4n) is 5.11. The predicted octanol–water partition coefficient (Wildman–Crippen LogP) is 4.27. The summed E-state index contributed by atoms with van der Waals surface area (Å²) in [6.45, 7) is 1.89. The minimum absolute atomic E-state index is 0.0697. The monoisotopic (exact) mass is 497 g/mol. The van der Waals surface area contributed by atoms with Crippen LogP contribution in [0.15, 0.2) is 30.3 Å². The van der Waals surface area contributed by atoms with Gasteiger partial charge in [-0.2, -0.15) is 4.37 Å². The van der Waals surface area contributed by atoms with Gasteiger partial charge in [-0.1, -0.05) is 57.2 Å². The second kappa shape index (κ2) is 11.7. The number of nitrogens with one attached hydrogen (secondary N) is 2. The van der Waals surface area contributed by atoms with Gasteiger partial charge in [0.25, 0.3) is 11.8 Å². The van der Waals surface area contributed by atoms with E-state index >= 15 is 0 Å². The molecular weight excluding hydrogens is 462 g/mol. The molecule has 188 valence electrons. The summed E-state index contributed by atoms with van der Waals surface area (Å²) >= 11 is 0.911. The molecule has 0 spiro atoms. The Morgan fingerprint density at radius 3 is 2.23 bits per heavy atom. The Balaban J connectivity index is 1.58. The molecule has 2 aromatic rings. The molecule has 1 atom stereocenters. The van der Waals surface area contributed by atoms with Crippen LogP contribution >= 0.6 is 11.5 Å². The summed E-state index contributed by atoms with van der Waals surface area (Å²) in [5.41, 5.74) is 7.07. The largest absolute Gasteiger partial charge is 0.395 e. The van der Waals surface area contributed by atoms with Crippen LogP contribution in [0.25, 0.3) is 0 Å². The molecule has 2 saturated carbocycles. The van der Waals surface area contributed by atoms with Crippen LogP contribution in [0.1, 0.15) is 91.3 Å². The van der Waals surface area contributed by atoms with E-state index in [0.29, 0.717) is 12.1 Å². The van der Waals surface area contributed by atoms with E-state index in [9.17, 15) is 14.4 Å². The highest BCUT2D eigenvalue weighted by Gasteiger charge is 2.35. The molecule has 1 aromatic heterocycles. The number of hydrogen-bond acceptors (Lipinski definition) is 6. The summed E-state index contributed by atoms with van der Waals surface area (Å²) in [6, 6.07) is 8.68. The van der Waals surface area contributed by atoms with Crippen molar-refractivity contribution in [1.29, 1.82) is 0 Å². The summed E-state index contributed by atoms with van der Waals surface area (Å²) in [6.07, 6.45) is 9.82. The molecular formula is C26H35N5O3S. The van der Waals surface area contributed by atoms with Gasteiger partial charge in [0.2, 0.25) is 5.91 Å². The lowest BCUT2D eigenvalue weighted by molar-refractivity contribution is -0.123. The van der Waals surface area contributed by atoms with E-state index in [1.807, 2.05) is 25.1 Å². The molecule has 4 N–H and O–H groups in total. The Morgan fingerprint density at radius 1 is 1.00 bits per heavy atom. The molecule has 2 aliphatic rings. The molecule has 1 aromatic carbocycles. The minimum Gasteiger partial charge on any atom is -0.395 e. The fraction of sp³-hybridized carbons (Fsp3) is 0.538. The zero-order valence-electron chi connectivity index (χ0n) is 20.3. The molecule has 0 saturated heterocycles. The highest BCUT2D eigenvalue weighted by molar-refractivity contribution is 7.09. The van der Waals surface area contributed by atoms with E-state index in [4.69, 9.17) is 5.73 Å². The van der Waals surface area contributed by atoms with Crippen molar-refractivity contribution in [3.8, 4) is 0 Å². The SMILES string of the molecule is CCC(C(=O)NC1CCCC1)N(C(=O)c1snc(C(=O)NC2CCCCC2)c1N)c1ccccc1. The number of nitrogen functional groups attached to an aromatic ring is 1. The van der Waals surface area contributed by atoms with Crippen LogP contribution < -0.4 is 21.3 Å². The molecule has 2 aliphatic carbocycles. The van der Waals surface area contributed by atoms with E-state index in [1.54, 1.807) is 12.1 Å². The first-order valence-corrected chi connectivity index (χ1v) is 13.5. The van der Waals surface area contributed by atoms with Crippen LogP contribution in [0.5, 0.6) is 0 Å². The molecule has 9 heteroatoms. The van der Waals surface area contributed by atoms with Crippen LogP contribution in [0.4, 0.5) is 11.4 Å². The number of hydrogen-bond donors (Lipinski definition) is 3. The average Bonchev–Trinajstić information content (AvgIpc) is 3.52. The first kappa shape index (κ1) is 25.2. The second-order valence-corrected chi connectivity index (χ2v) is 10.3. The fourth-order valence-corrected chi connectivity index (χ4v) is 5.84. The predicted molar refractivity (Wildman–Crippen MR) is 139 cm³/mol. The second-order valence-electron chi connectivity index (χ2n) is 9.51. The summed E-state index contributed by atoms with van der Waals surface area (Å²) in [7, 11) is 0. The van der Waals surface area contributed by atoms with E-state index in [2.05, 4.69) is 15.0 Å². The molecule has 8 nitrogen and oxygen atoms in total. The molecule has 35 heavy (non-hydrogen) atoms. The normalized spacial score (nSPS) is 17.6. The smallest absolute Gasteiger partial charge is 0.273 e. The summed E-state index contributed by atoms with van der Waals surface area (Å²) < 4.78 is 4.25. The Kier molecular flexibility index (Phi) is 8.38. The number of carbonyl (C=O) groups excluding carboxylic acids is 3. The molecule has 4 rings (SSSR count). The van der Waals surface area contributed by atoms with Crippen LogP contribution in [-0.2, 0) is 4.79 Å². The van der Waals surface area contributed by atoms with Gasteiger partial charge in [-0.25, -0.2) is 0 Å². The van der Waals surface area contributed by atoms with Gasteiger partial charge in [-0.3, -0.25) is 19.3 Å². The van der Waals surface area contributed by atoms with Gasteiger partial charge in [0, 0.05) is 17.8 Å². The number of benzene rings is 1. The Bertz CT molecular complexity index is 1030. The zero-order chi connectivity index (χ0) is 24.8. The number of rotatable bonds is 8. The Morgan fingerprint density at radius 2 is 1.60 bits per heavy atom. The highest BCUT2D eigenvalue weighted by atomic mass is 32.1. The molecule has 1 heterocycles. The summed E-state index contributed by atoms with van der Waals surface area (Å²) in [4.78, 5) is 41.7. The molecule has 0 aliphatic heterocycles. The third-order valence-electron chi connectivity index (χ3n) is 7.03. The molecule has 3 amide bonds. The van der Waals surface area contributed by atoms with Crippen molar-refractivity contribution in [3.05, 3.63) is 40.9 Å². The van der Waals surface area contributed by atoms with Crippen molar-refractivity contribution in [1.82, 2.24) is 15.0 Å². The number of aromatic nitrogens is 1. The van der Waals surface area contributed by atoms with E-state index in [-0.39, 0.29) is 40.2 Å². The third-order valence-corrected chi connectivity index (χ3v) is 7.88. The van der Waals surface area contributed by atoms with Crippen molar-refractivity contribution in [3.63, 3.8) is 0 Å². The van der Waals surface area contributed by atoms with E-state index < -0.39 is 11.9 Å². The first-order valence-electron chi connectivity index (χ1n) is 12.7. The number of nitrogens with zero attached hydrogens (tertiary/aromatic N) is 2. The Labute approximate surface area is 210 Å². The van der Waals surface area contributed by atoms with Crippen molar-refractivity contribution in [2.75, 3.05) is 10.6 Å². The quantitative estimate of drug-likeness (QED) is 0.503. The number of nitrogens with two attached hydrogens (primary N) is 1. The molecule has 1 unspecified atom stereocenters. The van der Waals surface area contributed by atoms with Gasteiger partial charge in [-0.15, -0.1) is 0 Å². The van der Waals surface area contributed by atoms with Crippen LogP contribution in [0.3, 0.4) is 0 Å². The zero-order valence-corrected chi connectivity index (χ0v) is 21.1. The standard InChI is InChI=1S/C26H35N5O3S/c1-2-20(24(32)28-17-13-9-10-14-17)31(19-15-7-4-8-16-19)26(34)23-21(27)22(30-35-23)25(33)29-18-11-5-3-6-12-18/h4,7-8,15-18,20H,2-3,5-6,9-14,27H2,1H3,(H,28,32)(H,29,33). The third kappa shape index (κ3) is 5.83. The van der Waals surface area contributed by atoms with Gasteiger partial charge < -0.3 is 16.4 Å².